The van der Waals surface area contributed by atoms with E-state index in [1.165, 1.54) is 21.3 Å². The van der Waals surface area contributed by atoms with Crippen molar-refractivity contribution in [1.82, 2.24) is 4.98 Å². The first kappa shape index (κ1) is 12.6. The van der Waals surface area contributed by atoms with Gasteiger partial charge in [0.15, 0.2) is 0 Å². The largest absolute Gasteiger partial charge is 0.366 e. The Morgan fingerprint density at radius 3 is 2.89 bits per heavy atom. The number of hydrogen-bond donors (Lipinski definition) is 1. The molecule has 2 heterocycles. The highest BCUT2D eigenvalue weighted by Crippen LogP contribution is 2.31. The van der Waals surface area contributed by atoms with Crippen molar-refractivity contribution in [2.75, 3.05) is 18.0 Å². The van der Waals surface area contributed by atoms with Gasteiger partial charge >= 0.3 is 0 Å². The van der Waals surface area contributed by atoms with Gasteiger partial charge in [-0.3, -0.25) is 0 Å². The summed E-state index contributed by atoms with van der Waals surface area (Å²) in [6, 6.07) is 10.6. The first-order valence-corrected chi connectivity index (χ1v) is 7.58. The van der Waals surface area contributed by atoms with Gasteiger partial charge in [-0.25, -0.2) is 4.98 Å². The summed E-state index contributed by atoms with van der Waals surface area (Å²) in [5.41, 5.74) is 8.32. The van der Waals surface area contributed by atoms with Crippen LogP contribution in [-0.2, 0) is 13.0 Å². The van der Waals surface area contributed by atoms with Crippen LogP contribution in [0, 0.1) is 0 Å². The molecule has 100 valence electrons. The summed E-state index contributed by atoms with van der Waals surface area (Å²) in [6.45, 7) is 4.86. The van der Waals surface area contributed by atoms with E-state index in [4.69, 9.17) is 10.7 Å². The number of aromatic nitrogens is 1. The Kier molecular flexibility index (Phi) is 3.53. The molecule has 2 N–H and O–H groups in total. The molecule has 0 saturated carbocycles. The number of rotatable bonds is 3. The van der Waals surface area contributed by atoms with Crippen molar-refractivity contribution in [3.8, 4) is 0 Å². The Bertz CT molecular complexity index is 550. The van der Waals surface area contributed by atoms with Crippen LogP contribution in [-0.4, -0.2) is 18.1 Å². The summed E-state index contributed by atoms with van der Waals surface area (Å²) in [6.07, 6.45) is 1.04. The summed E-state index contributed by atoms with van der Waals surface area (Å²) in [7, 11) is 0. The van der Waals surface area contributed by atoms with Gasteiger partial charge < -0.3 is 10.6 Å². The van der Waals surface area contributed by atoms with Gasteiger partial charge in [0.05, 0.1) is 17.2 Å². The molecule has 4 heteroatoms. The molecular formula is C15H19N3S. The molecule has 1 unspecified atom stereocenters. The number of nitrogens with two attached hydrogens (primary N) is 1. The number of benzene rings is 1. The van der Waals surface area contributed by atoms with Crippen molar-refractivity contribution in [2.24, 2.45) is 5.73 Å². The lowest BCUT2D eigenvalue weighted by Crippen LogP contribution is -2.29. The molecule has 1 aromatic heterocycles. The predicted octanol–water partition coefficient (Wildman–Crippen LogP) is 2.77. The molecule has 0 aliphatic carbocycles. The molecule has 19 heavy (non-hydrogen) atoms. The zero-order valence-electron chi connectivity index (χ0n) is 11.2. The van der Waals surface area contributed by atoms with Gasteiger partial charge in [0, 0.05) is 36.0 Å². The molecule has 0 bridgehead atoms. The number of nitrogens with zero attached hydrogens (tertiary/aromatic N) is 2. The van der Waals surface area contributed by atoms with E-state index in [-0.39, 0.29) is 0 Å². The molecule has 3 rings (SSSR count). The van der Waals surface area contributed by atoms with Crippen LogP contribution >= 0.6 is 11.3 Å². The molecule has 1 aliphatic heterocycles. The SMILES string of the molecule is CC(CN)c1nc2c(s1)CN(c1ccccc1)CC2. The second kappa shape index (κ2) is 5.31. The van der Waals surface area contributed by atoms with Crippen molar-refractivity contribution in [3.05, 3.63) is 45.9 Å². The normalized spacial score (nSPS) is 16.2. The summed E-state index contributed by atoms with van der Waals surface area (Å²) < 4.78 is 0. The molecule has 0 amide bonds. The van der Waals surface area contributed by atoms with E-state index in [9.17, 15) is 0 Å². The number of thiazole rings is 1. The lowest BCUT2D eigenvalue weighted by molar-refractivity contribution is 0.715. The Labute approximate surface area is 118 Å². The Morgan fingerprint density at radius 2 is 2.16 bits per heavy atom. The van der Waals surface area contributed by atoms with Crippen molar-refractivity contribution in [3.63, 3.8) is 0 Å². The fourth-order valence-electron chi connectivity index (χ4n) is 2.39. The van der Waals surface area contributed by atoms with Gasteiger partial charge in [0.1, 0.15) is 0 Å². The minimum atomic E-state index is 0.376. The van der Waals surface area contributed by atoms with E-state index in [2.05, 4.69) is 42.2 Å². The van der Waals surface area contributed by atoms with E-state index < -0.39 is 0 Å². The molecule has 2 aromatic rings. The van der Waals surface area contributed by atoms with E-state index in [0.29, 0.717) is 12.5 Å². The molecule has 0 fully saturated rings. The fourth-order valence-corrected chi connectivity index (χ4v) is 3.58. The van der Waals surface area contributed by atoms with Crippen LogP contribution in [0.1, 0.15) is 28.4 Å². The quantitative estimate of drug-likeness (QED) is 0.935. The summed E-state index contributed by atoms with van der Waals surface area (Å²) in [5, 5.41) is 1.20. The van der Waals surface area contributed by atoms with Crippen LogP contribution in [0.25, 0.3) is 0 Å². The second-order valence-electron chi connectivity index (χ2n) is 5.07. The number of para-hydroxylation sites is 1. The van der Waals surface area contributed by atoms with E-state index in [0.717, 1.165) is 19.5 Å². The fraction of sp³-hybridized carbons (Fsp3) is 0.400. The highest BCUT2D eigenvalue weighted by atomic mass is 32.1. The van der Waals surface area contributed by atoms with Gasteiger partial charge in [-0.05, 0) is 12.1 Å². The Morgan fingerprint density at radius 1 is 1.37 bits per heavy atom. The lowest BCUT2D eigenvalue weighted by Gasteiger charge is -2.28. The van der Waals surface area contributed by atoms with Crippen LogP contribution in [0.3, 0.4) is 0 Å². The number of fused-ring (bicyclic) bond motifs is 1. The minimum Gasteiger partial charge on any atom is -0.366 e. The molecule has 0 radical (unpaired) electrons. The van der Waals surface area contributed by atoms with Gasteiger partial charge in [-0.2, -0.15) is 0 Å². The van der Waals surface area contributed by atoms with Crippen molar-refractivity contribution in [2.45, 2.75) is 25.8 Å². The minimum absolute atomic E-state index is 0.376. The highest BCUT2D eigenvalue weighted by molar-refractivity contribution is 7.11. The third kappa shape index (κ3) is 2.51. The maximum absolute atomic E-state index is 5.74. The van der Waals surface area contributed by atoms with Gasteiger partial charge in [0.2, 0.25) is 0 Å². The second-order valence-corrected chi connectivity index (χ2v) is 6.18. The van der Waals surface area contributed by atoms with Crippen molar-refractivity contribution < 1.29 is 0 Å². The molecule has 1 aliphatic rings. The number of hydrogen-bond acceptors (Lipinski definition) is 4. The lowest BCUT2D eigenvalue weighted by atomic mass is 10.1. The zero-order chi connectivity index (χ0) is 13.2. The molecular weight excluding hydrogens is 254 g/mol. The highest BCUT2D eigenvalue weighted by Gasteiger charge is 2.22. The van der Waals surface area contributed by atoms with Crippen LogP contribution in [0.4, 0.5) is 5.69 Å². The average molecular weight is 273 g/mol. The summed E-state index contributed by atoms with van der Waals surface area (Å²) >= 11 is 1.83. The molecule has 1 aromatic carbocycles. The maximum Gasteiger partial charge on any atom is 0.0972 e. The van der Waals surface area contributed by atoms with Crippen molar-refractivity contribution in [1.29, 1.82) is 0 Å². The van der Waals surface area contributed by atoms with Gasteiger partial charge in [-0.15, -0.1) is 11.3 Å². The Balaban J connectivity index is 1.82. The van der Waals surface area contributed by atoms with E-state index in [1.54, 1.807) is 0 Å². The van der Waals surface area contributed by atoms with Crippen LogP contribution in [0.5, 0.6) is 0 Å². The maximum atomic E-state index is 5.74. The molecule has 3 nitrogen and oxygen atoms in total. The number of anilines is 1. The molecule has 0 saturated heterocycles. The average Bonchev–Trinajstić information content (AvgIpc) is 2.90. The monoisotopic (exact) mass is 273 g/mol. The van der Waals surface area contributed by atoms with Crippen molar-refractivity contribution >= 4 is 17.0 Å². The third-order valence-corrected chi connectivity index (χ3v) is 4.96. The third-order valence-electron chi connectivity index (χ3n) is 3.64. The van der Waals surface area contributed by atoms with Crippen LogP contribution < -0.4 is 10.6 Å². The summed E-state index contributed by atoms with van der Waals surface area (Å²) in [5.74, 6) is 0.376. The first-order valence-electron chi connectivity index (χ1n) is 6.76. The van der Waals surface area contributed by atoms with E-state index >= 15 is 0 Å². The molecule has 1 atom stereocenters. The van der Waals surface area contributed by atoms with Gasteiger partial charge in [-0.1, -0.05) is 25.1 Å². The first-order chi connectivity index (χ1) is 9.28. The van der Waals surface area contributed by atoms with E-state index in [1.807, 2.05) is 11.3 Å². The van der Waals surface area contributed by atoms with Crippen LogP contribution in [0.2, 0.25) is 0 Å². The topological polar surface area (TPSA) is 42.1 Å². The van der Waals surface area contributed by atoms with Crippen LogP contribution in [0.15, 0.2) is 30.3 Å². The standard InChI is InChI=1S/C15H19N3S/c1-11(9-16)15-17-13-7-8-18(10-14(13)19-15)12-5-3-2-4-6-12/h2-6,11H,7-10,16H2,1H3. The van der Waals surface area contributed by atoms with Gasteiger partial charge in [0.25, 0.3) is 0 Å². The predicted molar refractivity (Wildman–Crippen MR) is 80.8 cm³/mol. The summed E-state index contributed by atoms with van der Waals surface area (Å²) in [4.78, 5) is 8.60. The zero-order valence-corrected chi connectivity index (χ0v) is 12.0. The smallest absolute Gasteiger partial charge is 0.0972 e. The Hall–Kier alpha value is -1.39. The molecule has 0 spiro atoms.